The van der Waals surface area contributed by atoms with Crippen LogP contribution in [0.25, 0.3) is 0 Å². The lowest BCUT2D eigenvalue weighted by Crippen LogP contribution is -2.43. The van der Waals surface area contributed by atoms with Gasteiger partial charge in [0.2, 0.25) is 10.0 Å². The summed E-state index contributed by atoms with van der Waals surface area (Å²) in [6.07, 6.45) is -1.74. The van der Waals surface area contributed by atoms with Gasteiger partial charge in [-0.2, -0.15) is 22.6 Å². The first-order valence-electron chi connectivity index (χ1n) is 6.39. The predicted molar refractivity (Wildman–Crippen MR) is 71.0 cm³/mol. The smallest absolute Gasteiger partial charge is 0.330 e. The molecule has 0 unspecified atom stereocenters. The maximum absolute atomic E-state index is 12.5. The van der Waals surface area contributed by atoms with Crippen molar-refractivity contribution < 1.29 is 21.6 Å². The number of alkyl halides is 3. The zero-order valence-electron chi connectivity index (χ0n) is 11.8. The van der Waals surface area contributed by atoms with Gasteiger partial charge in [0, 0.05) is 18.8 Å². The Morgan fingerprint density at radius 2 is 2.05 bits per heavy atom. The third-order valence-electron chi connectivity index (χ3n) is 2.72. The standard InChI is InChI=1S/C11H19F3N4O2S/c1-9(2)18(8-11(12,13)14)21(19,20)10-6-16-17(7-10)5-3-4-15/h6-7,9H,3-5,8,15H2,1-2H3. The van der Waals surface area contributed by atoms with Crippen molar-refractivity contribution in [3.8, 4) is 0 Å². The molecule has 21 heavy (non-hydrogen) atoms. The fourth-order valence-electron chi connectivity index (χ4n) is 1.71. The maximum atomic E-state index is 12.5. The van der Waals surface area contributed by atoms with Gasteiger partial charge in [-0.3, -0.25) is 4.68 Å². The van der Waals surface area contributed by atoms with Crippen molar-refractivity contribution in [3.05, 3.63) is 12.4 Å². The number of hydrogen-bond donors (Lipinski definition) is 1. The monoisotopic (exact) mass is 328 g/mol. The second-order valence-electron chi connectivity index (χ2n) is 4.84. The Hall–Kier alpha value is -1.13. The quantitative estimate of drug-likeness (QED) is 0.815. The topological polar surface area (TPSA) is 81.2 Å². The molecule has 0 bridgehead atoms. The molecule has 0 atom stereocenters. The molecule has 2 N–H and O–H groups in total. The van der Waals surface area contributed by atoms with Crippen LogP contribution in [0.5, 0.6) is 0 Å². The minimum atomic E-state index is -4.60. The third-order valence-corrected chi connectivity index (χ3v) is 4.69. The predicted octanol–water partition coefficient (Wildman–Crippen LogP) is 1.19. The summed E-state index contributed by atoms with van der Waals surface area (Å²) >= 11 is 0. The van der Waals surface area contributed by atoms with Gasteiger partial charge in [-0.25, -0.2) is 8.42 Å². The Balaban J connectivity index is 3.03. The van der Waals surface area contributed by atoms with Crippen molar-refractivity contribution in [2.24, 2.45) is 5.73 Å². The maximum Gasteiger partial charge on any atom is 0.402 e. The van der Waals surface area contributed by atoms with Crippen LogP contribution in [0.1, 0.15) is 20.3 Å². The Labute approximate surface area is 121 Å². The van der Waals surface area contributed by atoms with Crippen LogP contribution in [0, 0.1) is 0 Å². The van der Waals surface area contributed by atoms with E-state index < -0.39 is 28.8 Å². The van der Waals surface area contributed by atoms with Crippen molar-refractivity contribution >= 4 is 10.0 Å². The molecule has 0 fully saturated rings. The molecule has 0 aliphatic rings. The minimum absolute atomic E-state index is 0.252. The molecule has 0 spiro atoms. The number of aryl methyl sites for hydroxylation is 1. The van der Waals surface area contributed by atoms with E-state index >= 15 is 0 Å². The fourth-order valence-corrected chi connectivity index (χ4v) is 3.29. The first-order valence-corrected chi connectivity index (χ1v) is 7.83. The summed E-state index contributed by atoms with van der Waals surface area (Å²) in [6, 6.07) is -0.816. The van der Waals surface area contributed by atoms with E-state index in [1.165, 1.54) is 24.7 Å². The number of sulfonamides is 1. The van der Waals surface area contributed by atoms with Gasteiger partial charge in [-0.05, 0) is 26.8 Å². The van der Waals surface area contributed by atoms with E-state index in [4.69, 9.17) is 5.73 Å². The summed E-state index contributed by atoms with van der Waals surface area (Å²) in [4.78, 5) is -0.252. The summed E-state index contributed by atoms with van der Waals surface area (Å²) < 4.78 is 64.0. The molecule has 0 radical (unpaired) electrons. The van der Waals surface area contributed by atoms with Gasteiger partial charge >= 0.3 is 6.18 Å². The SMILES string of the molecule is CC(C)N(CC(F)(F)F)S(=O)(=O)c1cnn(CCCN)c1. The molecular weight excluding hydrogens is 309 g/mol. The first-order chi connectivity index (χ1) is 9.58. The molecule has 1 heterocycles. The Bertz CT molecular complexity index is 554. The molecule has 6 nitrogen and oxygen atoms in total. The van der Waals surface area contributed by atoms with E-state index in [-0.39, 0.29) is 4.90 Å². The van der Waals surface area contributed by atoms with Gasteiger partial charge in [0.1, 0.15) is 11.4 Å². The highest BCUT2D eigenvalue weighted by atomic mass is 32.2. The molecule has 0 amide bonds. The van der Waals surface area contributed by atoms with Crippen LogP contribution < -0.4 is 5.73 Å². The lowest BCUT2D eigenvalue weighted by molar-refractivity contribution is -0.138. The molecular formula is C11H19F3N4O2S. The van der Waals surface area contributed by atoms with E-state index in [0.29, 0.717) is 23.8 Å². The molecule has 1 rings (SSSR count). The van der Waals surface area contributed by atoms with E-state index in [2.05, 4.69) is 5.10 Å². The van der Waals surface area contributed by atoms with Crippen molar-refractivity contribution in [3.63, 3.8) is 0 Å². The molecule has 0 aliphatic heterocycles. The molecule has 0 saturated carbocycles. The highest BCUT2D eigenvalue weighted by molar-refractivity contribution is 7.89. The number of nitrogens with two attached hydrogens (primary N) is 1. The van der Waals surface area contributed by atoms with Gasteiger partial charge in [0.05, 0.1) is 6.20 Å². The second kappa shape index (κ2) is 6.75. The van der Waals surface area contributed by atoms with Gasteiger partial charge in [-0.15, -0.1) is 0 Å². The van der Waals surface area contributed by atoms with Crippen LogP contribution in [0.4, 0.5) is 13.2 Å². The number of hydrogen-bond acceptors (Lipinski definition) is 4. The zero-order chi connectivity index (χ0) is 16.3. The Kier molecular flexibility index (Phi) is 5.76. The number of nitrogens with zero attached hydrogens (tertiary/aromatic N) is 3. The van der Waals surface area contributed by atoms with Crippen LogP contribution in [0.15, 0.2) is 17.3 Å². The Morgan fingerprint density at radius 1 is 1.43 bits per heavy atom. The minimum Gasteiger partial charge on any atom is -0.330 e. The summed E-state index contributed by atoms with van der Waals surface area (Å²) in [5.74, 6) is 0. The summed E-state index contributed by atoms with van der Waals surface area (Å²) in [6.45, 7) is 2.08. The number of rotatable bonds is 7. The van der Waals surface area contributed by atoms with Gasteiger partial charge in [0.25, 0.3) is 0 Å². The number of aromatic nitrogens is 2. The summed E-state index contributed by atoms with van der Waals surface area (Å²) in [5, 5.41) is 3.83. The van der Waals surface area contributed by atoms with Gasteiger partial charge in [-0.1, -0.05) is 0 Å². The van der Waals surface area contributed by atoms with Gasteiger partial charge < -0.3 is 5.73 Å². The summed E-state index contributed by atoms with van der Waals surface area (Å²) in [7, 11) is -4.24. The number of halogens is 3. The van der Waals surface area contributed by atoms with Crippen molar-refractivity contribution in [2.75, 3.05) is 13.1 Å². The van der Waals surface area contributed by atoms with Gasteiger partial charge in [0.15, 0.2) is 0 Å². The van der Waals surface area contributed by atoms with Crippen LogP contribution in [0.3, 0.4) is 0 Å². The largest absolute Gasteiger partial charge is 0.402 e. The average molecular weight is 328 g/mol. The molecule has 0 saturated heterocycles. The molecule has 1 aromatic rings. The molecule has 1 aromatic heterocycles. The normalized spacial score (nSPS) is 13.3. The van der Waals surface area contributed by atoms with E-state index in [1.807, 2.05) is 0 Å². The van der Waals surface area contributed by atoms with E-state index in [1.54, 1.807) is 0 Å². The fraction of sp³-hybridized carbons (Fsp3) is 0.727. The highest BCUT2D eigenvalue weighted by Crippen LogP contribution is 2.24. The molecule has 122 valence electrons. The molecule has 0 aliphatic carbocycles. The first kappa shape index (κ1) is 17.9. The van der Waals surface area contributed by atoms with Crippen molar-refractivity contribution in [2.45, 2.75) is 43.9 Å². The lowest BCUT2D eigenvalue weighted by atomic mass is 10.4. The van der Waals surface area contributed by atoms with Crippen LogP contribution in [0.2, 0.25) is 0 Å². The zero-order valence-corrected chi connectivity index (χ0v) is 12.7. The second-order valence-corrected chi connectivity index (χ2v) is 6.73. The van der Waals surface area contributed by atoms with Crippen LogP contribution in [-0.4, -0.2) is 47.8 Å². The van der Waals surface area contributed by atoms with Crippen LogP contribution in [-0.2, 0) is 16.6 Å². The van der Waals surface area contributed by atoms with E-state index in [9.17, 15) is 21.6 Å². The van der Waals surface area contributed by atoms with Crippen molar-refractivity contribution in [1.82, 2.24) is 14.1 Å². The highest BCUT2D eigenvalue weighted by Gasteiger charge is 2.38. The Morgan fingerprint density at radius 3 is 2.52 bits per heavy atom. The average Bonchev–Trinajstić information content (AvgIpc) is 2.81. The van der Waals surface area contributed by atoms with Crippen molar-refractivity contribution in [1.29, 1.82) is 0 Å². The lowest BCUT2D eigenvalue weighted by Gasteiger charge is -2.26. The molecule has 10 heteroatoms. The van der Waals surface area contributed by atoms with E-state index in [0.717, 1.165) is 6.20 Å². The molecule has 0 aromatic carbocycles. The van der Waals surface area contributed by atoms with Crippen LogP contribution >= 0.6 is 0 Å². The summed E-state index contributed by atoms with van der Waals surface area (Å²) in [5.41, 5.74) is 5.33. The third kappa shape index (κ3) is 4.97.